The standard InChI is InChI=1S/C14H17BrN2O2S/c1-17(7-10-5-3-4-6-11(10)15)14-16-12(9-19-2)13(8-18)20-14/h3-6,18H,7-9H2,1-2H3. The van der Waals surface area contributed by atoms with E-state index < -0.39 is 0 Å². The number of aliphatic hydroxyl groups is 1. The molecule has 0 radical (unpaired) electrons. The van der Waals surface area contributed by atoms with Crippen LogP contribution in [0.5, 0.6) is 0 Å². The van der Waals surface area contributed by atoms with Crippen molar-refractivity contribution in [3.8, 4) is 0 Å². The number of thiazole rings is 1. The fraction of sp³-hybridized carbons (Fsp3) is 0.357. The minimum Gasteiger partial charge on any atom is -0.391 e. The fourth-order valence-electron chi connectivity index (χ4n) is 1.86. The summed E-state index contributed by atoms with van der Waals surface area (Å²) in [6.45, 7) is 1.18. The first-order valence-corrected chi connectivity index (χ1v) is 7.79. The minimum atomic E-state index is -0.000762. The van der Waals surface area contributed by atoms with Crippen LogP contribution in [0.1, 0.15) is 16.1 Å². The van der Waals surface area contributed by atoms with Gasteiger partial charge in [0, 0.05) is 25.2 Å². The van der Waals surface area contributed by atoms with E-state index in [9.17, 15) is 5.11 Å². The fourth-order valence-corrected chi connectivity index (χ4v) is 3.15. The van der Waals surface area contributed by atoms with Gasteiger partial charge in [0.25, 0.3) is 0 Å². The van der Waals surface area contributed by atoms with Gasteiger partial charge in [-0.05, 0) is 11.6 Å². The molecule has 4 nitrogen and oxygen atoms in total. The average Bonchev–Trinajstić information content (AvgIpc) is 2.85. The van der Waals surface area contributed by atoms with Gasteiger partial charge in [-0.15, -0.1) is 0 Å². The molecule has 0 unspecified atom stereocenters. The van der Waals surface area contributed by atoms with Gasteiger partial charge in [0.1, 0.15) is 0 Å². The van der Waals surface area contributed by atoms with Crippen LogP contribution in [0.3, 0.4) is 0 Å². The topological polar surface area (TPSA) is 45.6 Å². The molecule has 0 amide bonds. The minimum absolute atomic E-state index is 0.000762. The van der Waals surface area contributed by atoms with E-state index in [1.165, 1.54) is 16.9 Å². The highest BCUT2D eigenvalue weighted by Crippen LogP contribution is 2.28. The van der Waals surface area contributed by atoms with Crippen LogP contribution in [0.4, 0.5) is 5.13 Å². The molecule has 1 aromatic carbocycles. The number of nitrogens with zero attached hydrogens (tertiary/aromatic N) is 2. The quantitative estimate of drug-likeness (QED) is 0.863. The van der Waals surface area contributed by atoms with E-state index in [0.29, 0.717) is 6.61 Å². The lowest BCUT2D eigenvalue weighted by molar-refractivity contribution is 0.179. The Kier molecular flexibility index (Phi) is 5.54. The van der Waals surface area contributed by atoms with Crippen LogP contribution < -0.4 is 4.90 Å². The smallest absolute Gasteiger partial charge is 0.185 e. The van der Waals surface area contributed by atoms with Gasteiger partial charge in [0.2, 0.25) is 0 Å². The van der Waals surface area contributed by atoms with Gasteiger partial charge in [0.15, 0.2) is 5.13 Å². The first-order valence-electron chi connectivity index (χ1n) is 6.18. The van der Waals surface area contributed by atoms with Crippen molar-refractivity contribution in [1.82, 2.24) is 4.98 Å². The number of halogens is 1. The lowest BCUT2D eigenvalue weighted by Gasteiger charge is -2.16. The zero-order valence-electron chi connectivity index (χ0n) is 11.5. The van der Waals surface area contributed by atoms with Crippen LogP contribution in [0.25, 0.3) is 0 Å². The second-order valence-electron chi connectivity index (χ2n) is 4.40. The lowest BCUT2D eigenvalue weighted by atomic mass is 10.2. The summed E-state index contributed by atoms with van der Waals surface area (Å²) in [5, 5.41) is 10.2. The molecule has 0 aliphatic carbocycles. The molecule has 20 heavy (non-hydrogen) atoms. The predicted octanol–water partition coefficient (Wildman–Crippen LogP) is 3.18. The highest BCUT2D eigenvalue weighted by Gasteiger charge is 2.14. The van der Waals surface area contributed by atoms with E-state index in [0.717, 1.165) is 26.7 Å². The number of ether oxygens (including phenoxy) is 1. The molecule has 0 fully saturated rings. The van der Waals surface area contributed by atoms with Crippen LogP contribution in [0.15, 0.2) is 28.7 Å². The summed E-state index contributed by atoms with van der Waals surface area (Å²) in [5.41, 5.74) is 2.01. The summed E-state index contributed by atoms with van der Waals surface area (Å²) in [6.07, 6.45) is 0. The summed E-state index contributed by atoms with van der Waals surface area (Å²) < 4.78 is 6.19. The van der Waals surface area contributed by atoms with Crippen LogP contribution >= 0.6 is 27.3 Å². The van der Waals surface area contributed by atoms with E-state index >= 15 is 0 Å². The van der Waals surface area contributed by atoms with E-state index in [1.807, 2.05) is 25.2 Å². The number of anilines is 1. The highest BCUT2D eigenvalue weighted by atomic mass is 79.9. The van der Waals surface area contributed by atoms with Crippen LogP contribution in [0, 0.1) is 0 Å². The van der Waals surface area contributed by atoms with Crippen LogP contribution in [0.2, 0.25) is 0 Å². The number of hydrogen-bond donors (Lipinski definition) is 1. The number of methoxy groups -OCH3 is 1. The van der Waals surface area contributed by atoms with Gasteiger partial charge in [-0.2, -0.15) is 0 Å². The van der Waals surface area contributed by atoms with Crippen molar-refractivity contribution in [3.63, 3.8) is 0 Å². The Morgan fingerprint density at radius 2 is 2.15 bits per heavy atom. The zero-order chi connectivity index (χ0) is 14.5. The lowest BCUT2D eigenvalue weighted by Crippen LogP contribution is -2.16. The molecule has 1 heterocycles. The SMILES string of the molecule is COCc1nc(N(C)Cc2ccccc2Br)sc1CO. The molecule has 1 aromatic heterocycles. The second-order valence-corrected chi connectivity index (χ2v) is 6.32. The van der Waals surface area contributed by atoms with E-state index in [-0.39, 0.29) is 6.61 Å². The third kappa shape index (κ3) is 3.58. The van der Waals surface area contributed by atoms with Gasteiger partial charge in [-0.3, -0.25) is 0 Å². The molecular weight excluding hydrogens is 340 g/mol. The number of hydrogen-bond acceptors (Lipinski definition) is 5. The molecule has 2 rings (SSSR count). The Bertz CT molecular complexity index is 574. The van der Waals surface area contributed by atoms with Gasteiger partial charge in [-0.25, -0.2) is 4.98 Å². The molecule has 0 aliphatic rings. The van der Waals surface area contributed by atoms with Crippen molar-refractivity contribution < 1.29 is 9.84 Å². The Morgan fingerprint density at radius 1 is 1.40 bits per heavy atom. The zero-order valence-corrected chi connectivity index (χ0v) is 13.9. The summed E-state index contributed by atoms with van der Waals surface area (Å²) in [7, 11) is 3.63. The normalized spacial score (nSPS) is 10.8. The maximum absolute atomic E-state index is 9.36. The van der Waals surface area contributed by atoms with Crippen molar-refractivity contribution >= 4 is 32.4 Å². The third-order valence-electron chi connectivity index (χ3n) is 2.88. The molecule has 0 spiro atoms. The van der Waals surface area contributed by atoms with E-state index in [1.54, 1.807) is 7.11 Å². The molecule has 108 valence electrons. The third-order valence-corrected chi connectivity index (χ3v) is 4.85. The summed E-state index contributed by atoms with van der Waals surface area (Å²) in [6, 6.07) is 8.13. The molecule has 0 aliphatic heterocycles. The van der Waals surface area contributed by atoms with Crippen LogP contribution in [-0.2, 0) is 24.5 Å². The Balaban J connectivity index is 2.17. The highest BCUT2D eigenvalue weighted by molar-refractivity contribution is 9.10. The first-order chi connectivity index (χ1) is 9.65. The first kappa shape index (κ1) is 15.4. The predicted molar refractivity (Wildman–Crippen MR) is 85.0 cm³/mol. The molecule has 0 saturated heterocycles. The maximum Gasteiger partial charge on any atom is 0.185 e. The molecule has 2 aromatic rings. The Hall–Kier alpha value is -0.950. The van der Waals surface area contributed by atoms with Crippen LogP contribution in [-0.4, -0.2) is 24.2 Å². The van der Waals surface area contributed by atoms with Gasteiger partial charge < -0.3 is 14.7 Å². The molecule has 0 saturated carbocycles. The second kappa shape index (κ2) is 7.17. The summed E-state index contributed by atoms with van der Waals surface area (Å²) in [5.74, 6) is 0. The van der Waals surface area contributed by atoms with Crippen molar-refractivity contribution in [2.24, 2.45) is 0 Å². The summed E-state index contributed by atoms with van der Waals surface area (Å²) >= 11 is 5.05. The molecule has 6 heteroatoms. The van der Waals surface area contributed by atoms with Gasteiger partial charge in [-0.1, -0.05) is 45.5 Å². The average molecular weight is 357 g/mol. The van der Waals surface area contributed by atoms with Crippen molar-refractivity contribution in [3.05, 3.63) is 44.9 Å². The number of aromatic nitrogens is 1. The number of aliphatic hydroxyl groups excluding tert-OH is 1. The summed E-state index contributed by atoms with van der Waals surface area (Å²) in [4.78, 5) is 7.48. The number of rotatable bonds is 6. The van der Waals surface area contributed by atoms with E-state index in [2.05, 4.69) is 31.9 Å². The molecular formula is C14H17BrN2O2S. The molecule has 1 N–H and O–H groups in total. The van der Waals surface area contributed by atoms with E-state index in [4.69, 9.17) is 4.74 Å². The molecule has 0 atom stereocenters. The van der Waals surface area contributed by atoms with Gasteiger partial charge in [0.05, 0.1) is 23.8 Å². The largest absolute Gasteiger partial charge is 0.391 e. The van der Waals surface area contributed by atoms with Gasteiger partial charge >= 0.3 is 0 Å². The Morgan fingerprint density at radius 3 is 2.80 bits per heavy atom. The van der Waals surface area contributed by atoms with Crippen molar-refractivity contribution in [2.75, 3.05) is 19.1 Å². The van der Waals surface area contributed by atoms with Crippen molar-refractivity contribution in [2.45, 2.75) is 19.8 Å². The monoisotopic (exact) mass is 356 g/mol. The maximum atomic E-state index is 9.36. The molecule has 0 bridgehead atoms. The van der Waals surface area contributed by atoms with Crippen molar-refractivity contribution in [1.29, 1.82) is 0 Å². The number of benzene rings is 1. The Labute approximate surface area is 131 Å².